The summed E-state index contributed by atoms with van der Waals surface area (Å²) in [4.78, 5) is 14.1. The maximum absolute atomic E-state index is 11.7. The van der Waals surface area contributed by atoms with E-state index < -0.39 is 0 Å². The van der Waals surface area contributed by atoms with Gasteiger partial charge in [0.2, 0.25) is 0 Å². The largest absolute Gasteiger partial charge is 0.444 e. The number of hydrogen-bond acceptors (Lipinski definition) is 4. The Morgan fingerprint density at radius 3 is 2.95 bits per heavy atom. The predicted octanol–water partition coefficient (Wildman–Crippen LogP) is 2.28. The number of amides is 1. The SMILES string of the molecule is CCCN1CC=C(NNC(=O)c2ccc(Br)o2)CC1. The van der Waals surface area contributed by atoms with Crippen molar-refractivity contribution >= 4 is 21.8 Å². The Kier molecular flexibility index (Phi) is 5.04. The van der Waals surface area contributed by atoms with Crippen LogP contribution >= 0.6 is 15.9 Å². The van der Waals surface area contributed by atoms with Crippen molar-refractivity contribution in [2.45, 2.75) is 19.8 Å². The number of carbonyl (C=O) groups is 1. The van der Waals surface area contributed by atoms with Crippen LogP contribution in [0.15, 0.2) is 33.0 Å². The van der Waals surface area contributed by atoms with Crippen molar-refractivity contribution in [3.8, 4) is 0 Å². The Balaban J connectivity index is 1.78. The van der Waals surface area contributed by atoms with Crippen LogP contribution in [-0.2, 0) is 0 Å². The summed E-state index contributed by atoms with van der Waals surface area (Å²) >= 11 is 3.17. The van der Waals surface area contributed by atoms with Crippen LogP contribution in [-0.4, -0.2) is 30.4 Å². The van der Waals surface area contributed by atoms with E-state index in [4.69, 9.17) is 4.42 Å². The average molecular weight is 328 g/mol. The molecule has 2 rings (SSSR count). The van der Waals surface area contributed by atoms with Crippen LogP contribution < -0.4 is 10.9 Å². The molecule has 2 heterocycles. The fraction of sp³-hybridized carbons (Fsp3) is 0.462. The quantitative estimate of drug-likeness (QED) is 0.814. The molecule has 0 saturated heterocycles. The number of hydrogen-bond donors (Lipinski definition) is 2. The number of halogens is 1. The minimum Gasteiger partial charge on any atom is -0.444 e. The van der Waals surface area contributed by atoms with Crippen molar-refractivity contribution in [3.63, 3.8) is 0 Å². The normalized spacial score (nSPS) is 16.0. The van der Waals surface area contributed by atoms with Crippen LogP contribution in [0.3, 0.4) is 0 Å². The van der Waals surface area contributed by atoms with E-state index in [2.05, 4.69) is 44.7 Å². The van der Waals surface area contributed by atoms with Crippen LogP contribution in [0, 0.1) is 0 Å². The Morgan fingerprint density at radius 1 is 1.53 bits per heavy atom. The van der Waals surface area contributed by atoms with Crippen molar-refractivity contribution in [2.75, 3.05) is 19.6 Å². The molecule has 0 unspecified atom stereocenters. The third kappa shape index (κ3) is 4.11. The molecule has 1 aliphatic rings. The highest BCUT2D eigenvalue weighted by molar-refractivity contribution is 9.10. The van der Waals surface area contributed by atoms with E-state index in [-0.39, 0.29) is 11.7 Å². The van der Waals surface area contributed by atoms with Crippen molar-refractivity contribution in [1.29, 1.82) is 0 Å². The zero-order valence-electron chi connectivity index (χ0n) is 10.9. The number of nitrogens with zero attached hydrogens (tertiary/aromatic N) is 1. The molecule has 1 aromatic rings. The second-order valence-corrected chi connectivity index (χ2v) is 5.24. The summed E-state index contributed by atoms with van der Waals surface area (Å²) in [5, 5.41) is 0. The number of hydrazine groups is 1. The van der Waals surface area contributed by atoms with E-state index in [1.807, 2.05) is 0 Å². The highest BCUT2D eigenvalue weighted by Gasteiger charge is 2.13. The van der Waals surface area contributed by atoms with Gasteiger partial charge >= 0.3 is 5.91 Å². The molecule has 1 aliphatic heterocycles. The minimum absolute atomic E-state index is 0.275. The fourth-order valence-electron chi connectivity index (χ4n) is 1.98. The van der Waals surface area contributed by atoms with E-state index in [1.54, 1.807) is 12.1 Å². The van der Waals surface area contributed by atoms with Gasteiger partial charge in [-0.1, -0.05) is 6.92 Å². The lowest BCUT2D eigenvalue weighted by molar-refractivity contribution is 0.0908. The highest BCUT2D eigenvalue weighted by atomic mass is 79.9. The molecule has 0 spiro atoms. The molecule has 0 saturated carbocycles. The summed E-state index contributed by atoms with van der Waals surface area (Å²) < 4.78 is 5.72. The average Bonchev–Trinajstić information content (AvgIpc) is 2.85. The van der Waals surface area contributed by atoms with Gasteiger partial charge in [0.25, 0.3) is 0 Å². The van der Waals surface area contributed by atoms with Crippen molar-refractivity contribution in [3.05, 3.63) is 34.3 Å². The molecule has 0 aromatic carbocycles. The van der Waals surface area contributed by atoms with Gasteiger partial charge < -0.3 is 9.84 Å². The summed E-state index contributed by atoms with van der Waals surface area (Å²) in [7, 11) is 0. The molecule has 19 heavy (non-hydrogen) atoms. The van der Waals surface area contributed by atoms with Crippen LogP contribution in [0.5, 0.6) is 0 Å². The van der Waals surface area contributed by atoms with E-state index in [0.717, 1.165) is 31.8 Å². The summed E-state index contributed by atoms with van der Waals surface area (Å²) in [5.74, 6) is 0.00554. The smallest absolute Gasteiger partial charge is 0.305 e. The van der Waals surface area contributed by atoms with E-state index in [9.17, 15) is 4.79 Å². The third-order valence-corrected chi connectivity index (χ3v) is 3.39. The zero-order valence-corrected chi connectivity index (χ0v) is 12.5. The van der Waals surface area contributed by atoms with E-state index in [0.29, 0.717) is 4.67 Å². The van der Waals surface area contributed by atoms with Gasteiger partial charge in [-0.2, -0.15) is 0 Å². The molecule has 0 atom stereocenters. The first-order valence-corrected chi connectivity index (χ1v) is 7.21. The lowest BCUT2D eigenvalue weighted by Crippen LogP contribution is -2.40. The lowest BCUT2D eigenvalue weighted by Gasteiger charge is -2.26. The molecule has 0 fully saturated rings. The molecule has 1 amide bonds. The number of rotatable bonds is 5. The van der Waals surface area contributed by atoms with Crippen LogP contribution in [0.25, 0.3) is 0 Å². The van der Waals surface area contributed by atoms with E-state index >= 15 is 0 Å². The molecule has 2 N–H and O–H groups in total. The molecule has 5 nitrogen and oxygen atoms in total. The molecule has 6 heteroatoms. The highest BCUT2D eigenvalue weighted by Crippen LogP contribution is 2.13. The van der Waals surface area contributed by atoms with Gasteiger partial charge in [-0.05, 0) is 47.1 Å². The molecule has 0 aliphatic carbocycles. The van der Waals surface area contributed by atoms with Crippen LogP contribution in [0.1, 0.15) is 30.3 Å². The molecular weight excluding hydrogens is 310 g/mol. The van der Waals surface area contributed by atoms with Gasteiger partial charge in [-0.3, -0.25) is 15.1 Å². The second-order valence-electron chi connectivity index (χ2n) is 4.46. The lowest BCUT2D eigenvalue weighted by atomic mass is 10.2. The van der Waals surface area contributed by atoms with Gasteiger partial charge in [-0.15, -0.1) is 0 Å². The fourth-order valence-corrected chi connectivity index (χ4v) is 2.29. The first kappa shape index (κ1) is 14.1. The first-order valence-electron chi connectivity index (χ1n) is 6.42. The van der Waals surface area contributed by atoms with Gasteiger partial charge in [0, 0.05) is 25.2 Å². The Bertz CT molecular complexity index is 470. The monoisotopic (exact) mass is 327 g/mol. The summed E-state index contributed by atoms with van der Waals surface area (Å²) in [6.07, 6.45) is 4.19. The van der Waals surface area contributed by atoms with Crippen molar-refractivity contribution < 1.29 is 9.21 Å². The summed E-state index contributed by atoms with van der Waals surface area (Å²) in [6.45, 7) is 5.25. The Hall–Kier alpha value is -1.27. The topological polar surface area (TPSA) is 57.5 Å². The van der Waals surface area contributed by atoms with E-state index in [1.165, 1.54) is 6.42 Å². The molecule has 0 bridgehead atoms. The van der Waals surface area contributed by atoms with Gasteiger partial charge in [-0.25, -0.2) is 0 Å². The summed E-state index contributed by atoms with van der Waals surface area (Å²) in [5.41, 5.74) is 6.64. The Morgan fingerprint density at radius 2 is 2.37 bits per heavy atom. The minimum atomic E-state index is -0.275. The Labute approximate surface area is 121 Å². The molecule has 104 valence electrons. The van der Waals surface area contributed by atoms with Gasteiger partial charge in [0.05, 0.1) is 0 Å². The zero-order chi connectivity index (χ0) is 13.7. The number of furan rings is 1. The van der Waals surface area contributed by atoms with Crippen molar-refractivity contribution in [2.24, 2.45) is 0 Å². The maximum atomic E-state index is 11.7. The maximum Gasteiger partial charge on any atom is 0.305 e. The third-order valence-electron chi connectivity index (χ3n) is 2.97. The first-order chi connectivity index (χ1) is 9.19. The predicted molar refractivity (Wildman–Crippen MR) is 76.4 cm³/mol. The standard InChI is InChI=1S/C13H18BrN3O2/c1-2-7-17-8-5-10(6-9-17)15-16-13(18)11-3-4-12(14)19-11/h3-5,15H,2,6-9H2,1H3,(H,16,18). The molecular formula is C13H18BrN3O2. The molecule has 0 radical (unpaired) electrons. The summed E-state index contributed by atoms with van der Waals surface area (Å²) in [6, 6.07) is 3.32. The van der Waals surface area contributed by atoms with Crippen LogP contribution in [0.2, 0.25) is 0 Å². The number of nitrogens with one attached hydrogen (secondary N) is 2. The number of carbonyl (C=O) groups excluding carboxylic acids is 1. The second kappa shape index (κ2) is 6.77. The molecule has 1 aromatic heterocycles. The van der Waals surface area contributed by atoms with Crippen molar-refractivity contribution in [1.82, 2.24) is 15.8 Å². The van der Waals surface area contributed by atoms with Crippen LogP contribution in [0.4, 0.5) is 0 Å². The van der Waals surface area contributed by atoms with Gasteiger partial charge in [0.15, 0.2) is 10.4 Å². The van der Waals surface area contributed by atoms with Gasteiger partial charge in [0.1, 0.15) is 0 Å².